The van der Waals surface area contributed by atoms with E-state index in [1.807, 2.05) is 12.1 Å². The van der Waals surface area contributed by atoms with Gasteiger partial charge in [0, 0.05) is 17.5 Å². The summed E-state index contributed by atoms with van der Waals surface area (Å²) in [5.41, 5.74) is 0.804. The third kappa shape index (κ3) is 3.01. The average molecular weight is 323 g/mol. The van der Waals surface area contributed by atoms with Crippen molar-refractivity contribution in [1.82, 2.24) is 25.1 Å². The second kappa shape index (κ2) is 5.74. The van der Waals surface area contributed by atoms with E-state index in [4.69, 9.17) is 21.9 Å². The highest BCUT2D eigenvalue weighted by molar-refractivity contribution is 7.98. The Morgan fingerprint density at radius 3 is 2.86 bits per heavy atom. The molecule has 0 fully saturated rings. The van der Waals surface area contributed by atoms with Gasteiger partial charge in [-0.25, -0.2) is 4.68 Å². The summed E-state index contributed by atoms with van der Waals surface area (Å²) in [5.74, 6) is 8.08. The maximum absolute atomic E-state index is 6.02. The summed E-state index contributed by atoms with van der Waals surface area (Å²) in [6.45, 7) is 1.74. The molecule has 9 heteroatoms. The van der Waals surface area contributed by atoms with Crippen LogP contribution < -0.4 is 5.84 Å². The van der Waals surface area contributed by atoms with E-state index < -0.39 is 0 Å². The van der Waals surface area contributed by atoms with Gasteiger partial charge >= 0.3 is 0 Å². The van der Waals surface area contributed by atoms with Crippen LogP contribution in [0.2, 0.25) is 5.02 Å². The number of halogens is 1. The summed E-state index contributed by atoms with van der Waals surface area (Å²) in [6, 6.07) is 7.27. The first-order chi connectivity index (χ1) is 10.1. The predicted octanol–water partition coefficient (Wildman–Crippen LogP) is 2.30. The first-order valence-electron chi connectivity index (χ1n) is 6.01. The van der Waals surface area contributed by atoms with E-state index in [1.165, 1.54) is 16.4 Å². The van der Waals surface area contributed by atoms with E-state index in [1.54, 1.807) is 19.1 Å². The fraction of sp³-hybridized carbons (Fsp3) is 0.167. The second-order valence-corrected chi connectivity index (χ2v) is 5.57. The van der Waals surface area contributed by atoms with Crippen molar-refractivity contribution in [3.63, 3.8) is 0 Å². The number of nitrogen functional groups attached to an aromatic ring is 1. The molecule has 21 heavy (non-hydrogen) atoms. The van der Waals surface area contributed by atoms with Gasteiger partial charge < -0.3 is 10.3 Å². The zero-order valence-corrected chi connectivity index (χ0v) is 12.6. The Hall–Kier alpha value is -2.06. The van der Waals surface area contributed by atoms with Gasteiger partial charge in [-0.15, -0.1) is 20.4 Å². The molecule has 1 aromatic carbocycles. The van der Waals surface area contributed by atoms with Gasteiger partial charge in [-0.2, -0.15) is 0 Å². The number of aromatic nitrogens is 5. The molecule has 108 valence electrons. The Morgan fingerprint density at radius 2 is 2.14 bits per heavy atom. The van der Waals surface area contributed by atoms with Gasteiger partial charge in [-0.3, -0.25) is 0 Å². The minimum absolute atomic E-state index is 0.478. The van der Waals surface area contributed by atoms with Crippen molar-refractivity contribution in [2.24, 2.45) is 0 Å². The zero-order chi connectivity index (χ0) is 14.8. The van der Waals surface area contributed by atoms with Crippen LogP contribution in [0.3, 0.4) is 0 Å². The van der Waals surface area contributed by atoms with E-state index in [9.17, 15) is 0 Å². The van der Waals surface area contributed by atoms with Crippen molar-refractivity contribution in [3.8, 4) is 11.4 Å². The summed E-state index contributed by atoms with van der Waals surface area (Å²) >= 11 is 7.33. The summed E-state index contributed by atoms with van der Waals surface area (Å²) in [6.07, 6.45) is 0. The molecule has 7 nitrogen and oxygen atoms in total. The molecular formula is C12H11ClN6OS. The fourth-order valence-corrected chi connectivity index (χ4v) is 2.61. The molecule has 2 N–H and O–H groups in total. The van der Waals surface area contributed by atoms with Crippen molar-refractivity contribution in [2.75, 3.05) is 5.84 Å². The first kappa shape index (κ1) is 13.9. The van der Waals surface area contributed by atoms with Crippen molar-refractivity contribution in [1.29, 1.82) is 0 Å². The van der Waals surface area contributed by atoms with Crippen LogP contribution in [0.4, 0.5) is 0 Å². The summed E-state index contributed by atoms with van der Waals surface area (Å²) in [7, 11) is 0. The van der Waals surface area contributed by atoms with Gasteiger partial charge in [-0.05, 0) is 12.1 Å². The Balaban J connectivity index is 1.79. The third-order valence-corrected chi connectivity index (χ3v) is 3.80. The summed E-state index contributed by atoms with van der Waals surface area (Å²) in [4.78, 5) is 0. The summed E-state index contributed by atoms with van der Waals surface area (Å²) in [5, 5.41) is 17.0. The maximum atomic E-state index is 6.02. The lowest BCUT2D eigenvalue weighted by Crippen LogP contribution is -2.11. The Kier molecular flexibility index (Phi) is 3.80. The Bertz CT molecular complexity index is 771. The number of rotatable bonds is 4. The highest BCUT2D eigenvalue weighted by atomic mass is 35.5. The number of hydrogen-bond donors (Lipinski definition) is 1. The Labute approximate surface area is 129 Å². The van der Waals surface area contributed by atoms with E-state index >= 15 is 0 Å². The smallest absolute Gasteiger partial charge is 0.226 e. The molecule has 3 rings (SSSR count). The molecule has 0 saturated carbocycles. The molecule has 2 aromatic heterocycles. The van der Waals surface area contributed by atoms with Crippen LogP contribution in [0.15, 0.2) is 33.8 Å². The molecule has 0 atom stereocenters. The number of nitrogens with two attached hydrogens (primary N) is 1. The predicted molar refractivity (Wildman–Crippen MR) is 79.2 cm³/mol. The van der Waals surface area contributed by atoms with Crippen LogP contribution in [0.25, 0.3) is 11.4 Å². The first-order valence-corrected chi connectivity index (χ1v) is 7.38. The van der Waals surface area contributed by atoms with E-state index in [0.29, 0.717) is 33.5 Å². The van der Waals surface area contributed by atoms with E-state index in [2.05, 4.69) is 20.4 Å². The monoisotopic (exact) mass is 322 g/mol. The fourth-order valence-electron chi connectivity index (χ4n) is 1.72. The third-order valence-electron chi connectivity index (χ3n) is 2.64. The quantitative estimate of drug-likeness (QED) is 0.581. The Morgan fingerprint density at radius 1 is 1.29 bits per heavy atom. The van der Waals surface area contributed by atoms with Gasteiger partial charge in [0.15, 0.2) is 5.82 Å². The van der Waals surface area contributed by atoms with Crippen LogP contribution in [0.5, 0.6) is 0 Å². The van der Waals surface area contributed by atoms with Gasteiger partial charge in [0.25, 0.3) is 0 Å². The van der Waals surface area contributed by atoms with E-state index in [0.717, 1.165) is 5.56 Å². The average Bonchev–Trinajstić information content (AvgIpc) is 3.03. The molecule has 0 spiro atoms. The van der Waals surface area contributed by atoms with Crippen LogP contribution in [0, 0.1) is 6.92 Å². The maximum Gasteiger partial charge on any atom is 0.226 e. The topological polar surface area (TPSA) is 95.7 Å². The molecule has 2 heterocycles. The lowest BCUT2D eigenvalue weighted by molar-refractivity contribution is 0.485. The molecule has 0 saturated heterocycles. The van der Waals surface area contributed by atoms with Gasteiger partial charge in [-0.1, -0.05) is 35.5 Å². The van der Waals surface area contributed by atoms with Crippen molar-refractivity contribution in [3.05, 3.63) is 41.1 Å². The van der Waals surface area contributed by atoms with Gasteiger partial charge in [0.05, 0.1) is 5.75 Å². The zero-order valence-electron chi connectivity index (χ0n) is 11.0. The molecule has 3 aromatic rings. The molecule has 0 aliphatic carbocycles. The SMILES string of the molecule is Cc1nnc(CSc2nnc(-c3cccc(Cl)c3)n2N)o1. The number of benzene rings is 1. The van der Waals surface area contributed by atoms with Crippen LogP contribution in [-0.2, 0) is 5.75 Å². The molecule has 0 bridgehead atoms. The van der Waals surface area contributed by atoms with Crippen LogP contribution in [0.1, 0.15) is 11.8 Å². The molecule has 0 unspecified atom stereocenters. The van der Waals surface area contributed by atoms with Gasteiger partial charge in [0.2, 0.25) is 16.9 Å². The van der Waals surface area contributed by atoms with Crippen LogP contribution in [-0.4, -0.2) is 25.1 Å². The standard InChI is InChI=1S/C12H11ClN6OS/c1-7-15-16-10(20-7)6-21-12-18-17-11(19(12)14)8-3-2-4-9(13)5-8/h2-5H,6,14H2,1H3. The van der Waals surface area contributed by atoms with Gasteiger partial charge in [0.1, 0.15) is 0 Å². The van der Waals surface area contributed by atoms with E-state index in [-0.39, 0.29) is 0 Å². The minimum Gasteiger partial charge on any atom is -0.425 e. The van der Waals surface area contributed by atoms with Crippen molar-refractivity contribution in [2.45, 2.75) is 17.8 Å². The second-order valence-electron chi connectivity index (χ2n) is 4.19. The summed E-state index contributed by atoms with van der Waals surface area (Å²) < 4.78 is 6.71. The van der Waals surface area contributed by atoms with Crippen molar-refractivity contribution >= 4 is 23.4 Å². The molecular weight excluding hydrogens is 312 g/mol. The molecule has 0 radical (unpaired) electrons. The molecule has 0 amide bonds. The number of nitrogens with zero attached hydrogens (tertiary/aromatic N) is 5. The van der Waals surface area contributed by atoms with Crippen molar-refractivity contribution < 1.29 is 4.42 Å². The normalized spacial score (nSPS) is 11.0. The lowest BCUT2D eigenvalue weighted by Gasteiger charge is -2.03. The highest BCUT2D eigenvalue weighted by Crippen LogP contribution is 2.25. The minimum atomic E-state index is 0.478. The lowest BCUT2D eigenvalue weighted by atomic mass is 10.2. The molecule has 0 aliphatic rings. The number of thioether (sulfide) groups is 1. The highest BCUT2D eigenvalue weighted by Gasteiger charge is 2.13. The molecule has 0 aliphatic heterocycles. The number of aryl methyl sites for hydroxylation is 1. The largest absolute Gasteiger partial charge is 0.425 e. The van der Waals surface area contributed by atoms with Crippen LogP contribution >= 0.6 is 23.4 Å². The number of hydrogen-bond acceptors (Lipinski definition) is 7.